The topological polar surface area (TPSA) is 43.4 Å². The summed E-state index contributed by atoms with van der Waals surface area (Å²) in [7, 11) is 1.19. The molecular weight excluding hydrogens is 132 g/mol. The molecule has 0 aromatic carbocycles. The summed E-state index contributed by atoms with van der Waals surface area (Å²) in [5.74, 6) is -1.29. The first-order valence-electron chi connectivity index (χ1n) is 2.94. The van der Waals surface area contributed by atoms with Gasteiger partial charge in [-0.25, -0.2) is 4.79 Å². The monoisotopic (exact) mass is 142 g/mol. The molecule has 0 fully saturated rings. The van der Waals surface area contributed by atoms with Crippen LogP contribution in [0, 0.1) is 0 Å². The number of ether oxygens (including phenoxy) is 1. The lowest BCUT2D eigenvalue weighted by atomic mass is 10.3. The summed E-state index contributed by atoms with van der Waals surface area (Å²) < 4.78 is 4.19. The van der Waals surface area contributed by atoms with Crippen molar-refractivity contribution in [2.24, 2.45) is 0 Å². The minimum Gasteiger partial charge on any atom is -0.463 e. The number of carbonyl (C=O) groups is 2. The molecule has 3 heteroatoms. The van der Waals surface area contributed by atoms with Crippen molar-refractivity contribution < 1.29 is 14.3 Å². The second kappa shape index (κ2) is 4.73. The highest BCUT2D eigenvalue weighted by molar-refractivity contribution is 6.33. The molecule has 10 heavy (non-hydrogen) atoms. The molecule has 0 N–H and O–H groups in total. The fraction of sp³-hybridized carbons (Fsp3) is 0.429. The Morgan fingerprint density at radius 3 is 2.50 bits per heavy atom. The number of allylic oxidation sites excluding steroid dienone is 2. The third kappa shape index (κ3) is 3.02. The van der Waals surface area contributed by atoms with Gasteiger partial charge in [-0.05, 0) is 6.92 Å². The Hall–Kier alpha value is -1.12. The van der Waals surface area contributed by atoms with E-state index in [9.17, 15) is 9.59 Å². The summed E-state index contributed by atoms with van der Waals surface area (Å²) in [4.78, 5) is 21.0. The predicted octanol–water partition coefficient (Wildman–Crippen LogP) is 0.695. The Labute approximate surface area is 59.7 Å². The van der Waals surface area contributed by atoms with Crippen LogP contribution < -0.4 is 0 Å². The van der Waals surface area contributed by atoms with Crippen molar-refractivity contribution in [2.45, 2.75) is 13.3 Å². The normalized spacial score (nSPS) is 9.80. The van der Waals surface area contributed by atoms with Crippen LogP contribution in [0.2, 0.25) is 0 Å². The van der Waals surface area contributed by atoms with Crippen LogP contribution in [0.15, 0.2) is 12.2 Å². The molecule has 56 valence electrons. The molecule has 0 aromatic heterocycles. The Balaban J connectivity index is 3.74. The minimum absolute atomic E-state index is 0.128. The molecule has 0 aliphatic heterocycles. The number of rotatable bonds is 3. The number of Topliss-reactive ketones (excluding diaryl/α,β-unsaturated/α-hetero) is 1. The fourth-order valence-corrected chi connectivity index (χ4v) is 0.422. The Kier molecular flexibility index (Phi) is 4.20. The van der Waals surface area contributed by atoms with Gasteiger partial charge < -0.3 is 4.74 Å². The average molecular weight is 142 g/mol. The first kappa shape index (κ1) is 8.88. The molecule has 0 bridgehead atoms. The molecular formula is C7H10O3. The number of carbonyl (C=O) groups excluding carboxylic acids is 2. The van der Waals surface area contributed by atoms with Crippen molar-refractivity contribution in [2.75, 3.05) is 7.11 Å². The summed E-state index contributed by atoms with van der Waals surface area (Å²) in [6.07, 6.45) is 3.45. The van der Waals surface area contributed by atoms with Crippen molar-refractivity contribution in [3.63, 3.8) is 0 Å². The number of ketones is 1. The minimum atomic E-state index is -0.780. The Bertz CT molecular complexity index is 158. The molecule has 0 atom stereocenters. The van der Waals surface area contributed by atoms with Gasteiger partial charge in [0.1, 0.15) is 0 Å². The van der Waals surface area contributed by atoms with Crippen molar-refractivity contribution in [1.82, 2.24) is 0 Å². The standard InChI is InChI=1S/C7H10O3/c1-3-4-5-6(8)7(9)10-2/h3-4H,5H2,1-2H3. The summed E-state index contributed by atoms with van der Waals surface area (Å²) >= 11 is 0. The van der Waals surface area contributed by atoms with E-state index in [4.69, 9.17) is 0 Å². The zero-order valence-electron chi connectivity index (χ0n) is 6.09. The third-order valence-electron chi connectivity index (χ3n) is 0.952. The molecule has 0 rings (SSSR count). The van der Waals surface area contributed by atoms with E-state index < -0.39 is 11.8 Å². The van der Waals surface area contributed by atoms with E-state index in [1.807, 2.05) is 0 Å². The second-order valence-electron chi connectivity index (χ2n) is 1.69. The molecule has 0 unspecified atom stereocenters. The van der Waals surface area contributed by atoms with Gasteiger partial charge >= 0.3 is 5.97 Å². The van der Waals surface area contributed by atoms with Crippen LogP contribution in [0.5, 0.6) is 0 Å². The Morgan fingerprint density at radius 2 is 2.10 bits per heavy atom. The summed E-state index contributed by atoms with van der Waals surface area (Å²) in [6, 6.07) is 0. The van der Waals surface area contributed by atoms with Crippen molar-refractivity contribution >= 4 is 11.8 Å². The fourth-order valence-electron chi connectivity index (χ4n) is 0.422. The van der Waals surface area contributed by atoms with E-state index in [1.165, 1.54) is 7.11 Å². The maximum atomic E-state index is 10.6. The molecule has 3 nitrogen and oxygen atoms in total. The maximum Gasteiger partial charge on any atom is 0.374 e. The number of methoxy groups -OCH3 is 1. The maximum absolute atomic E-state index is 10.6. The molecule has 0 radical (unpaired) electrons. The van der Waals surface area contributed by atoms with Crippen LogP contribution in [-0.2, 0) is 14.3 Å². The van der Waals surface area contributed by atoms with Crippen molar-refractivity contribution in [3.05, 3.63) is 12.2 Å². The van der Waals surface area contributed by atoms with Gasteiger partial charge in [-0.3, -0.25) is 4.79 Å². The molecule has 0 amide bonds. The van der Waals surface area contributed by atoms with Crippen LogP contribution in [0.1, 0.15) is 13.3 Å². The van der Waals surface area contributed by atoms with Gasteiger partial charge in [0.05, 0.1) is 7.11 Å². The van der Waals surface area contributed by atoms with Gasteiger partial charge in [0.15, 0.2) is 0 Å². The van der Waals surface area contributed by atoms with Gasteiger partial charge in [0, 0.05) is 6.42 Å². The van der Waals surface area contributed by atoms with E-state index in [1.54, 1.807) is 19.1 Å². The lowest BCUT2D eigenvalue weighted by molar-refractivity contribution is -0.151. The smallest absolute Gasteiger partial charge is 0.374 e. The van der Waals surface area contributed by atoms with E-state index in [2.05, 4.69) is 4.74 Å². The van der Waals surface area contributed by atoms with E-state index in [0.29, 0.717) is 0 Å². The highest BCUT2D eigenvalue weighted by Crippen LogP contribution is 1.87. The van der Waals surface area contributed by atoms with E-state index >= 15 is 0 Å². The van der Waals surface area contributed by atoms with Crippen LogP contribution in [0.3, 0.4) is 0 Å². The summed E-state index contributed by atoms with van der Waals surface area (Å²) in [5.41, 5.74) is 0. The molecule has 0 saturated heterocycles. The summed E-state index contributed by atoms with van der Waals surface area (Å²) in [5, 5.41) is 0. The largest absolute Gasteiger partial charge is 0.463 e. The van der Waals surface area contributed by atoms with E-state index in [0.717, 1.165) is 0 Å². The first-order chi connectivity index (χ1) is 4.72. The average Bonchev–Trinajstić information content (AvgIpc) is 1.98. The lowest BCUT2D eigenvalue weighted by Gasteiger charge is -1.92. The highest BCUT2D eigenvalue weighted by atomic mass is 16.5. The van der Waals surface area contributed by atoms with Gasteiger partial charge in [0.2, 0.25) is 5.78 Å². The van der Waals surface area contributed by atoms with Crippen LogP contribution >= 0.6 is 0 Å². The second-order valence-corrected chi connectivity index (χ2v) is 1.69. The van der Waals surface area contributed by atoms with Gasteiger partial charge in [-0.1, -0.05) is 12.2 Å². The zero-order valence-corrected chi connectivity index (χ0v) is 6.09. The van der Waals surface area contributed by atoms with E-state index in [-0.39, 0.29) is 6.42 Å². The molecule has 0 aliphatic rings. The zero-order chi connectivity index (χ0) is 7.98. The first-order valence-corrected chi connectivity index (χ1v) is 2.94. The molecule has 0 spiro atoms. The molecule has 0 saturated carbocycles. The van der Waals surface area contributed by atoms with Crippen LogP contribution in [-0.4, -0.2) is 18.9 Å². The molecule has 0 aliphatic carbocycles. The van der Waals surface area contributed by atoms with Crippen LogP contribution in [0.25, 0.3) is 0 Å². The van der Waals surface area contributed by atoms with Crippen molar-refractivity contribution in [3.8, 4) is 0 Å². The molecule has 0 aromatic rings. The van der Waals surface area contributed by atoms with Gasteiger partial charge in [-0.15, -0.1) is 0 Å². The predicted molar refractivity (Wildman–Crippen MR) is 36.5 cm³/mol. The quantitative estimate of drug-likeness (QED) is 0.331. The number of esters is 1. The van der Waals surface area contributed by atoms with Crippen LogP contribution in [0.4, 0.5) is 0 Å². The lowest BCUT2D eigenvalue weighted by Crippen LogP contribution is -2.13. The van der Waals surface area contributed by atoms with Gasteiger partial charge in [-0.2, -0.15) is 0 Å². The number of hydrogen-bond donors (Lipinski definition) is 0. The highest BCUT2D eigenvalue weighted by Gasteiger charge is 2.10. The molecule has 0 heterocycles. The van der Waals surface area contributed by atoms with Crippen molar-refractivity contribution in [1.29, 1.82) is 0 Å². The summed E-state index contributed by atoms with van der Waals surface area (Å²) in [6.45, 7) is 1.78. The Morgan fingerprint density at radius 1 is 1.50 bits per heavy atom. The number of hydrogen-bond acceptors (Lipinski definition) is 3. The van der Waals surface area contributed by atoms with Gasteiger partial charge in [0.25, 0.3) is 0 Å². The third-order valence-corrected chi connectivity index (χ3v) is 0.952. The SMILES string of the molecule is CC=CCC(=O)C(=O)OC.